The highest BCUT2D eigenvalue weighted by molar-refractivity contribution is 7.99. The minimum absolute atomic E-state index is 0.0126. The van der Waals surface area contributed by atoms with Gasteiger partial charge in [0, 0.05) is 28.6 Å². The molecule has 34 heavy (non-hydrogen) atoms. The van der Waals surface area contributed by atoms with Gasteiger partial charge in [-0.1, -0.05) is 88.8 Å². The molecule has 2 N–H and O–H groups in total. The minimum Gasteiger partial charge on any atom is -0.481 e. The predicted molar refractivity (Wildman–Crippen MR) is 142 cm³/mol. The van der Waals surface area contributed by atoms with Crippen LogP contribution in [0.1, 0.15) is 77.2 Å². The molecule has 5 nitrogen and oxygen atoms in total. The van der Waals surface area contributed by atoms with Crippen molar-refractivity contribution >= 4 is 29.4 Å². The van der Waals surface area contributed by atoms with Crippen LogP contribution in [0, 0.1) is 0 Å². The van der Waals surface area contributed by atoms with E-state index in [0.717, 1.165) is 46.7 Å². The van der Waals surface area contributed by atoms with Gasteiger partial charge in [-0.05, 0) is 48.7 Å². The van der Waals surface area contributed by atoms with E-state index in [9.17, 15) is 9.59 Å². The lowest BCUT2D eigenvalue weighted by molar-refractivity contribution is -0.136. The van der Waals surface area contributed by atoms with Crippen LogP contribution in [0.15, 0.2) is 58.3 Å². The topological polar surface area (TPSA) is 69.6 Å². The second-order valence-electron chi connectivity index (χ2n) is 8.68. The number of carboxylic acid groups (broad SMARTS) is 1. The fraction of sp³-hybridized carbons (Fsp3) is 0.500. The van der Waals surface area contributed by atoms with Crippen molar-refractivity contribution in [2.75, 3.05) is 18.0 Å². The molecule has 6 heteroatoms. The Hall–Kier alpha value is -2.47. The summed E-state index contributed by atoms with van der Waals surface area (Å²) in [6.07, 6.45) is 10.3. The molecule has 0 radical (unpaired) electrons. The molecule has 0 aliphatic rings. The van der Waals surface area contributed by atoms with Gasteiger partial charge in [0.1, 0.15) is 0 Å². The number of benzene rings is 2. The first-order valence-electron chi connectivity index (χ1n) is 12.7. The molecule has 0 aliphatic heterocycles. The number of rotatable bonds is 16. The summed E-state index contributed by atoms with van der Waals surface area (Å²) in [4.78, 5) is 28.0. The van der Waals surface area contributed by atoms with Crippen LogP contribution in [0.25, 0.3) is 0 Å². The van der Waals surface area contributed by atoms with Gasteiger partial charge in [0.2, 0.25) is 0 Å². The first-order chi connectivity index (χ1) is 16.5. The van der Waals surface area contributed by atoms with Crippen LogP contribution in [-0.4, -0.2) is 30.2 Å². The van der Waals surface area contributed by atoms with E-state index in [2.05, 4.69) is 25.2 Å². The van der Waals surface area contributed by atoms with Gasteiger partial charge in [0.05, 0.1) is 6.42 Å². The number of carbonyl (C=O) groups excluding carboxylic acids is 1. The van der Waals surface area contributed by atoms with E-state index >= 15 is 0 Å². The molecule has 186 valence electrons. The van der Waals surface area contributed by atoms with Crippen LogP contribution in [0.2, 0.25) is 0 Å². The van der Waals surface area contributed by atoms with Crippen LogP contribution in [0.3, 0.4) is 0 Å². The molecule has 0 saturated carbocycles. The second-order valence-corrected chi connectivity index (χ2v) is 9.82. The van der Waals surface area contributed by atoms with E-state index < -0.39 is 5.97 Å². The summed E-state index contributed by atoms with van der Waals surface area (Å²) < 4.78 is 0. The van der Waals surface area contributed by atoms with Crippen LogP contribution in [0.5, 0.6) is 0 Å². The number of nitrogens with zero attached hydrogens (tertiary/aromatic N) is 1. The van der Waals surface area contributed by atoms with Crippen LogP contribution in [0.4, 0.5) is 10.5 Å². The van der Waals surface area contributed by atoms with E-state index in [1.165, 1.54) is 32.1 Å². The van der Waals surface area contributed by atoms with Crippen LogP contribution >= 0.6 is 11.8 Å². The SMILES string of the molecule is CCCCCCCN(C(=O)NCCCCCC)c1cccc(Sc2cccc(CC(=O)O)c2)c1. The maximum absolute atomic E-state index is 13.1. The average molecular weight is 485 g/mol. The highest BCUT2D eigenvalue weighted by Gasteiger charge is 2.16. The predicted octanol–water partition coefficient (Wildman–Crippen LogP) is 7.53. The number of hydrogen-bond donors (Lipinski definition) is 2. The number of aliphatic carboxylic acids is 1. The first-order valence-corrected chi connectivity index (χ1v) is 13.5. The zero-order valence-electron chi connectivity index (χ0n) is 20.7. The summed E-state index contributed by atoms with van der Waals surface area (Å²) in [5, 5.41) is 12.2. The van der Waals surface area contributed by atoms with Crippen molar-refractivity contribution in [3.63, 3.8) is 0 Å². The number of nitrogens with one attached hydrogen (secondary N) is 1. The first kappa shape index (κ1) is 27.8. The van der Waals surface area contributed by atoms with Crippen molar-refractivity contribution < 1.29 is 14.7 Å². The molecule has 0 heterocycles. The molecule has 2 rings (SSSR count). The number of carbonyl (C=O) groups is 2. The van der Waals surface area contributed by atoms with Gasteiger partial charge in [0.25, 0.3) is 0 Å². The lowest BCUT2D eigenvalue weighted by Crippen LogP contribution is -2.41. The molecule has 2 aromatic carbocycles. The fourth-order valence-electron chi connectivity index (χ4n) is 3.81. The third kappa shape index (κ3) is 10.6. The lowest BCUT2D eigenvalue weighted by atomic mass is 10.1. The number of carboxylic acids is 1. The number of amides is 2. The van der Waals surface area contributed by atoms with Gasteiger partial charge in [-0.25, -0.2) is 4.79 Å². The maximum atomic E-state index is 13.1. The molecule has 0 aromatic heterocycles. The lowest BCUT2D eigenvalue weighted by Gasteiger charge is -2.24. The number of anilines is 1. The molecular formula is C28H40N2O3S. The van der Waals surface area contributed by atoms with E-state index in [1.807, 2.05) is 47.4 Å². The Morgan fingerprint density at radius 2 is 1.50 bits per heavy atom. The largest absolute Gasteiger partial charge is 0.481 e. The van der Waals surface area contributed by atoms with E-state index in [4.69, 9.17) is 5.11 Å². The molecule has 0 fully saturated rings. The van der Waals surface area contributed by atoms with Gasteiger partial charge >= 0.3 is 12.0 Å². The molecule has 2 amide bonds. The number of urea groups is 1. The maximum Gasteiger partial charge on any atom is 0.321 e. The van der Waals surface area contributed by atoms with Gasteiger partial charge in [-0.15, -0.1) is 0 Å². The number of unbranched alkanes of at least 4 members (excludes halogenated alkanes) is 7. The second kappa shape index (κ2) is 16.2. The summed E-state index contributed by atoms with van der Waals surface area (Å²) in [5.74, 6) is -0.834. The zero-order valence-corrected chi connectivity index (χ0v) is 21.5. The van der Waals surface area contributed by atoms with Crippen molar-refractivity contribution in [2.24, 2.45) is 0 Å². The normalized spacial score (nSPS) is 10.8. The summed E-state index contributed by atoms with van der Waals surface area (Å²) in [7, 11) is 0. The average Bonchev–Trinajstić information content (AvgIpc) is 2.81. The molecule has 0 saturated heterocycles. The third-order valence-electron chi connectivity index (χ3n) is 5.66. The van der Waals surface area contributed by atoms with Crippen molar-refractivity contribution in [1.82, 2.24) is 5.32 Å². The van der Waals surface area contributed by atoms with Crippen molar-refractivity contribution in [3.8, 4) is 0 Å². The van der Waals surface area contributed by atoms with Crippen molar-refractivity contribution in [3.05, 3.63) is 54.1 Å². The van der Waals surface area contributed by atoms with Crippen LogP contribution in [-0.2, 0) is 11.2 Å². The van der Waals surface area contributed by atoms with Gasteiger partial charge in [-0.2, -0.15) is 0 Å². The molecule has 0 bridgehead atoms. The molecule has 2 aromatic rings. The Morgan fingerprint density at radius 3 is 2.21 bits per heavy atom. The zero-order chi connectivity index (χ0) is 24.6. The highest BCUT2D eigenvalue weighted by Crippen LogP contribution is 2.31. The summed E-state index contributed by atoms with van der Waals surface area (Å²) >= 11 is 1.58. The standard InChI is InChI=1S/C28H40N2O3S/c1-3-5-7-9-11-19-30(28(33)29-18-10-8-6-4-2)24-15-13-17-26(22-24)34-25-16-12-14-23(20-25)21-27(31)32/h12-17,20,22H,3-11,18-19,21H2,1-2H3,(H,29,33)(H,31,32). The van der Waals surface area contributed by atoms with Gasteiger partial charge in [0.15, 0.2) is 0 Å². The Kier molecular flexibility index (Phi) is 13.2. The summed E-state index contributed by atoms with van der Waals surface area (Å²) in [6, 6.07) is 15.6. The summed E-state index contributed by atoms with van der Waals surface area (Å²) in [5.41, 5.74) is 1.68. The fourth-order valence-corrected chi connectivity index (χ4v) is 4.76. The monoisotopic (exact) mass is 484 g/mol. The molecule has 0 atom stereocenters. The van der Waals surface area contributed by atoms with Crippen LogP contribution < -0.4 is 10.2 Å². The Morgan fingerprint density at radius 1 is 0.853 bits per heavy atom. The molecular weight excluding hydrogens is 444 g/mol. The van der Waals surface area contributed by atoms with Gasteiger partial charge in [-0.3, -0.25) is 9.69 Å². The van der Waals surface area contributed by atoms with E-state index in [0.29, 0.717) is 13.1 Å². The van der Waals surface area contributed by atoms with Crippen molar-refractivity contribution in [1.29, 1.82) is 0 Å². The molecule has 0 aliphatic carbocycles. The van der Waals surface area contributed by atoms with Crippen molar-refractivity contribution in [2.45, 2.75) is 87.8 Å². The Bertz CT molecular complexity index is 887. The Labute approximate surface area is 209 Å². The highest BCUT2D eigenvalue weighted by atomic mass is 32.2. The van der Waals surface area contributed by atoms with E-state index in [-0.39, 0.29) is 12.5 Å². The van der Waals surface area contributed by atoms with E-state index in [1.54, 1.807) is 11.8 Å². The minimum atomic E-state index is -0.834. The summed E-state index contributed by atoms with van der Waals surface area (Å²) in [6.45, 7) is 5.80. The molecule has 0 unspecified atom stereocenters. The Balaban J connectivity index is 2.09. The van der Waals surface area contributed by atoms with Gasteiger partial charge < -0.3 is 10.4 Å². The molecule has 0 spiro atoms. The number of hydrogen-bond acceptors (Lipinski definition) is 3. The quantitative estimate of drug-likeness (QED) is 0.242. The smallest absolute Gasteiger partial charge is 0.321 e. The third-order valence-corrected chi connectivity index (χ3v) is 6.64.